The highest BCUT2D eigenvalue weighted by Gasteiger charge is 2.17. The van der Waals surface area contributed by atoms with Crippen molar-refractivity contribution in [1.29, 1.82) is 0 Å². The molecule has 0 saturated carbocycles. The zero-order valence-corrected chi connectivity index (χ0v) is 11.4. The van der Waals surface area contributed by atoms with E-state index in [1.54, 1.807) is 9.35 Å². The molecule has 0 spiro atoms. The minimum Gasteiger partial charge on any atom is -0.294 e. The lowest BCUT2D eigenvalue weighted by atomic mass is 10.3. The van der Waals surface area contributed by atoms with E-state index >= 15 is 0 Å². The Morgan fingerprint density at radius 3 is 1.50 bits per heavy atom. The maximum atomic E-state index is 11.4. The van der Waals surface area contributed by atoms with Gasteiger partial charge in [-0.15, -0.1) is 0 Å². The van der Waals surface area contributed by atoms with Crippen LogP contribution < -0.4 is 0 Å². The number of benzene rings is 2. The molecule has 0 amide bonds. The second-order valence-electron chi connectivity index (χ2n) is 4.78. The Morgan fingerprint density at radius 1 is 0.682 bits per heavy atom. The Bertz CT molecular complexity index is 945. The summed E-state index contributed by atoms with van der Waals surface area (Å²) >= 11 is 0. The molecule has 0 aliphatic carbocycles. The standard InChI is InChI=1S/C16H10N4O2/c21-9-15-17-11-5-1-3-7-13(11)19(15)20-14-8-4-2-6-12(14)18-16(20)10-22/h1-10H. The van der Waals surface area contributed by atoms with Crippen molar-refractivity contribution in [2.24, 2.45) is 0 Å². The predicted molar refractivity (Wildman–Crippen MR) is 81.0 cm³/mol. The van der Waals surface area contributed by atoms with Crippen LogP contribution in [0.5, 0.6) is 0 Å². The minimum atomic E-state index is 0.215. The topological polar surface area (TPSA) is 69.8 Å². The van der Waals surface area contributed by atoms with Gasteiger partial charge in [0, 0.05) is 0 Å². The van der Waals surface area contributed by atoms with Crippen molar-refractivity contribution in [3.8, 4) is 0 Å². The van der Waals surface area contributed by atoms with Crippen molar-refractivity contribution in [2.75, 3.05) is 0 Å². The summed E-state index contributed by atoms with van der Waals surface area (Å²) in [6.45, 7) is 0. The van der Waals surface area contributed by atoms with Gasteiger partial charge in [-0.1, -0.05) is 24.3 Å². The summed E-state index contributed by atoms with van der Waals surface area (Å²) in [6, 6.07) is 14.7. The van der Waals surface area contributed by atoms with Gasteiger partial charge in [-0.2, -0.15) is 0 Å². The summed E-state index contributed by atoms with van der Waals surface area (Å²) in [5, 5.41) is 0. The summed E-state index contributed by atoms with van der Waals surface area (Å²) < 4.78 is 3.22. The normalized spacial score (nSPS) is 11.1. The highest BCUT2D eigenvalue weighted by molar-refractivity contribution is 5.87. The van der Waals surface area contributed by atoms with Gasteiger partial charge in [-0.3, -0.25) is 9.59 Å². The van der Waals surface area contributed by atoms with Crippen molar-refractivity contribution in [3.05, 3.63) is 60.2 Å². The molecular formula is C16H10N4O2. The molecular weight excluding hydrogens is 280 g/mol. The molecule has 0 bridgehead atoms. The molecule has 2 aromatic carbocycles. The van der Waals surface area contributed by atoms with E-state index in [2.05, 4.69) is 9.97 Å². The van der Waals surface area contributed by atoms with Crippen molar-refractivity contribution in [1.82, 2.24) is 19.3 Å². The summed E-state index contributed by atoms with van der Waals surface area (Å²) in [7, 11) is 0. The Labute approximate surface area is 124 Å². The maximum absolute atomic E-state index is 11.4. The van der Waals surface area contributed by atoms with Crippen LogP contribution in [0.2, 0.25) is 0 Å². The van der Waals surface area contributed by atoms with Gasteiger partial charge in [0.25, 0.3) is 0 Å². The number of aldehydes is 2. The van der Waals surface area contributed by atoms with Gasteiger partial charge >= 0.3 is 0 Å². The number of carbonyl (C=O) groups excluding carboxylic acids is 2. The molecule has 2 aromatic heterocycles. The summed E-state index contributed by atoms with van der Waals surface area (Å²) in [6.07, 6.45) is 1.34. The molecule has 0 aliphatic heterocycles. The SMILES string of the molecule is O=Cc1nc2ccccc2n1-n1c(C=O)nc2ccccc21. The van der Waals surface area contributed by atoms with Gasteiger partial charge < -0.3 is 0 Å². The van der Waals surface area contributed by atoms with Gasteiger partial charge in [0.15, 0.2) is 24.2 Å². The number of para-hydroxylation sites is 4. The number of fused-ring (bicyclic) bond motifs is 2. The van der Waals surface area contributed by atoms with Crippen LogP contribution in [0.3, 0.4) is 0 Å². The van der Waals surface area contributed by atoms with Crippen molar-refractivity contribution >= 4 is 34.6 Å². The van der Waals surface area contributed by atoms with Gasteiger partial charge in [-0.25, -0.2) is 19.3 Å². The summed E-state index contributed by atoms with van der Waals surface area (Å²) in [5.74, 6) is 0.430. The van der Waals surface area contributed by atoms with Crippen LogP contribution >= 0.6 is 0 Å². The molecule has 4 rings (SSSR count). The minimum absolute atomic E-state index is 0.215. The van der Waals surface area contributed by atoms with Crippen LogP contribution in [0, 0.1) is 0 Å². The number of rotatable bonds is 3. The van der Waals surface area contributed by atoms with Crippen molar-refractivity contribution in [3.63, 3.8) is 0 Å². The number of hydrogen-bond acceptors (Lipinski definition) is 4. The van der Waals surface area contributed by atoms with Gasteiger partial charge in [0.1, 0.15) is 0 Å². The number of nitrogens with zero attached hydrogens (tertiary/aromatic N) is 4. The van der Waals surface area contributed by atoms with Crippen LogP contribution in [0.1, 0.15) is 21.2 Å². The molecule has 4 aromatic rings. The third-order valence-electron chi connectivity index (χ3n) is 3.53. The quantitative estimate of drug-likeness (QED) is 0.543. The first kappa shape index (κ1) is 12.5. The molecule has 0 unspecified atom stereocenters. The maximum Gasteiger partial charge on any atom is 0.193 e. The monoisotopic (exact) mass is 290 g/mol. The molecule has 0 saturated heterocycles. The molecule has 0 N–H and O–H groups in total. The lowest BCUT2D eigenvalue weighted by Crippen LogP contribution is -2.15. The third kappa shape index (κ3) is 1.61. The highest BCUT2D eigenvalue weighted by Crippen LogP contribution is 2.21. The molecule has 0 atom stereocenters. The third-order valence-corrected chi connectivity index (χ3v) is 3.53. The van der Waals surface area contributed by atoms with Gasteiger partial charge in [0.2, 0.25) is 0 Å². The highest BCUT2D eigenvalue weighted by atomic mass is 16.1. The van der Waals surface area contributed by atoms with E-state index in [4.69, 9.17) is 0 Å². The Balaban J connectivity index is 2.20. The fourth-order valence-corrected chi connectivity index (χ4v) is 2.64. The smallest absolute Gasteiger partial charge is 0.193 e. The van der Waals surface area contributed by atoms with Gasteiger partial charge in [0.05, 0.1) is 22.1 Å². The van der Waals surface area contributed by atoms with Crippen molar-refractivity contribution < 1.29 is 9.59 Å². The number of aromatic nitrogens is 4. The van der Waals surface area contributed by atoms with E-state index in [-0.39, 0.29) is 11.6 Å². The average molecular weight is 290 g/mol. The average Bonchev–Trinajstić information content (AvgIpc) is 3.11. The fraction of sp³-hybridized carbons (Fsp3) is 0. The first-order chi connectivity index (χ1) is 10.8. The second kappa shape index (κ2) is 4.63. The Kier molecular flexibility index (Phi) is 2.62. The first-order valence-electron chi connectivity index (χ1n) is 6.69. The van der Waals surface area contributed by atoms with Crippen LogP contribution in [0.25, 0.3) is 22.1 Å². The fourth-order valence-electron chi connectivity index (χ4n) is 2.64. The zero-order chi connectivity index (χ0) is 15.1. The molecule has 0 fully saturated rings. The van der Waals surface area contributed by atoms with E-state index in [1.807, 2.05) is 48.5 Å². The molecule has 6 heteroatoms. The second-order valence-corrected chi connectivity index (χ2v) is 4.78. The summed E-state index contributed by atoms with van der Waals surface area (Å²) in [4.78, 5) is 31.4. The molecule has 2 heterocycles. The van der Waals surface area contributed by atoms with Crippen LogP contribution in [0.15, 0.2) is 48.5 Å². The molecule has 106 valence electrons. The van der Waals surface area contributed by atoms with Crippen LogP contribution in [-0.4, -0.2) is 31.9 Å². The molecule has 0 radical (unpaired) electrons. The molecule has 0 aliphatic rings. The van der Waals surface area contributed by atoms with E-state index in [1.165, 1.54) is 0 Å². The Morgan fingerprint density at radius 2 is 1.09 bits per heavy atom. The van der Waals surface area contributed by atoms with E-state index in [9.17, 15) is 9.59 Å². The van der Waals surface area contributed by atoms with E-state index in [0.29, 0.717) is 23.6 Å². The van der Waals surface area contributed by atoms with E-state index < -0.39 is 0 Å². The Hall–Kier alpha value is -3.28. The molecule has 22 heavy (non-hydrogen) atoms. The first-order valence-corrected chi connectivity index (χ1v) is 6.69. The zero-order valence-electron chi connectivity index (χ0n) is 11.4. The lowest BCUT2D eigenvalue weighted by Gasteiger charge is -2.10. The van der Waals surface area contributed by atoms with Crippen LogP contribution in [-0.2, 0) is 0 Å². The number of carbonyl (C=O) groups is 2. The molecule has 6 nitrogen and oxygen atoms in total. The largest absolute Gasteiger partial charge is 0.294 e. The van der Waals surface area contributed by atoms with Gasteiger partial charge in [-0.05, 0) is 24.3 Å². The number of hydrogen-bond donors (Lipinski definition) is 0. The predicted octanol–water partition coefficient (Wildman–Crippen LogP) is 2.32. The van der Waals surface area contributed by atoms with Crippen molar-refractivity contribution in [2.45, 2.75) is 0 Å². The van der Waals surface area contributed by atoms with E-state index in [0.717, 1.165) is 11.0 Å². The van der Waals surface area contributed by atoms with Crippen LogP contribution in [0.4, 0.5) is 0 Å². The summed E-state index contributed by atoms with van der Waals surface area (Å²) in [5.41, 5.74) is 2.82. The number of imidazole rings is 2. The lowest BCUT2D eigenvalue weighted by molar-refractivity contribution is 0.109.